The van der Waals surface area contributed by atoms with Gasteiger partial charge in [0.05, 0.1) is 12.8 Å². The first-order valence-electron chi connectivity index (χ1n) is 9.57. The lowest BCUT2D eigenvalue weighted by atomic mass is 10.0. The Bertz CT molecular complexity index is 568. The van der Waals surface area contributed by atoms with Gasteiger partial charge in [0, 0.05) is 38.5 Å². The van der Waals surface area contributed by atoms with Gasteiger partial charge >= 0.3 is 11.9 Å². The minimum absolute atomic E-state index is 0.00172. The van der Waals surface area contributed by atoms with Gasteiger partial charge in [0.25, 0.3) is 0 Å². The molecule has 0 aliphatic carbocycles. The Kier molecular flexibility index (Phi) is 10.3. The number of hydrogen-bond donors (Lipinski definition) is 0. The van der Waals surface area contributed by atoms with Crippen molar-refractivity contribution in [3.05, 3.63) is 0 Å². The molecule has 8 heteroatoms. The quantitative estimate of drug-likeness (QED) is 0.662. The van der Waals surface area contributed by atoms with Gasteiger partial charge in [0.15, 0.2) is 0 Å². The minimum Gasteiger partial charge on any atom is -0.462 e. The second kappa shape index (κ2) is 12.2. The molecule has 0 N–H and O–H groups in total. The standard InChI is InChI=1S/C20H28O8/c1-13(21)11-17-7-3-15(23)6-10-20(26)28-18(12-14(2)22)8-4-16(24)5-9-19(25)27-17/h17-18H,3-12H2,1-2H3/t17-,18?/m0/s1. The second-order valence-corrected chi connectivity index (χ2v) is 7.19. The lowest BCUT2D eigenvalue weighted by Gasteiger charge is -2.18. The first kappa shape index (κ1) is 23.7. The van der Waals surface area contributed by atoms with Crippen LogP contribution >= 0.6 is 0 Å². The van der Waals surface area contributed by atoms with Gasteiger partial charge < -0.3 is 9.47 Å². The molecule has 0 saturated carbocycles. The average Bonchev–Trinajstić information content (AvgIpc) is 2.59. The third-order valence-corrected chi connectivity index (χ3v) is 4.33. The van der Waals surface area contributed by atoms with E-state index in [1.54, 1.807) is 0 Å². The van der Waals surface area contributed by atoms with Crippen LogP contribution in [-0.4, -0.2) is 47.3 Å². The number of ether oxygens (including phenoxy) is 2. The van der Waals surface area contributed by atoms with E-state index in [4.69, 9.17) is 9.47 Å². The fourth-order valence-corrected chi connectivity index (χ4v) is 2.91. The van der Waals surface area contributed by atoms with Crippen LogP contribution in [0.5, 0.6) is 0 Å². The molecular weight excluding hydrogens is 368 g/mol. The van der Waals surface area contributed by atoms with Gasteiger partial charge in [-0.3, -0.25) is 28.8 Å². The molecule has 0 spiro atoms. The second-order valence-electron chi connectivity index (χ2n) is 7.19. The zero-order chi connectivity index (χ0) is 21.1. The van der Waals surface area contributed by atoms with E-state index in [1.807, 2.05) is 0 Å². The third-order valence-electron chi connectivity index (χ3n) is 4.33. The SMILES string of the molecule is CC(=O)CC1CCC(=O)CCC(=O)O[C@H](CC(C)=O)CCC(=O)CCC(=O)O1. The van der Waals surface area contributed by atoms with Gasteiger partial charge in [-0.25, -0.2) is 0 Å². The molecule has 2 atom stereocenters. The van der Waals surface area contributed by atoms with Crippen LogP contribution in [0.15, 0.2) is 0 Å². The van der Waals surface area contributed by atoms with Crippen LogP contribution in [0, 0.1) is 0 Å². The molecule has 1 fully saturated rings. The van der Waals surface area contributed by atoms with Crippen molar-refractivity contribution in [2.45, 2.75) is 90.3 Å². The van der Waals surface area contributed by atoms with Gasteiger partial charge in [0.2, 0.25) is 0 Å². The van der Waals surface area contributed by atoms with E-state index in [-0.39, 0.29) is 87.3 Å². The number of carbonyl (C=O) groups is 6. The summed E-state index contributed by atoms with van der Waals surface area (Å²) in [4.78, 5) is 70.6. The summed E-state index contributed by atoms with van der Waals surface area (Å²) in [7, 11) is 0. The Morgan fingerprint density at radius 2 is 1.04 bits per heavy atom. The molecule has 156 valence electrons. The number of carbonyl (C=O) groups excluding carboxylic acids is 6. The highest BCUT2D eigenvalue weighted by molar-refractivity contribution is 5.85. The smallest absolute Gasteiger partial charge is 0.306 e. The van der Waals surface area contributed by atoms with Crippen LogP contribution in [0.2, 0.25) is 0 Å². The Morgan fingerprint density at radius 1 is 0.679 bits per heavy atom. The zero-order valence-corrected chi connectivity index (χ0v) is 16.5. The molecule has 1 rings (SSSR count). The molecule has 0 aromatic heterocycles. The number of esters is 2. The zero-order valence-electron chi connectivity index (χ0n) is 16.5. The van der Waals surface area contributed by atoms with Gasteiger partial charge in [-0.05, 0) is 26.7 Å². The Balaban J connectivity index is 2.80. The molecule has 28 heavy (non-hydrogen) atoms. The van der Waals surface area contributed by atoms with Gasteiger partial charge in [0.1, 0.15) is 35.3 Å². The molecule has 0 radical (unpaired) electrons. The summed E-state index contributed by atoms with van der Waals surface area (Å²) < 4.78 is 10.5. The fourth-order valence-electron chi connectivity index (χ4n) is 2.91. The number of ketones is 4. The lowest BCUT2D eigenvalue weighted by Crippen LogP contribution is -2.24. The van der Waals surface area contributed by atoms with E-state index < -0.39 is 24.1 Å². The topological polar surface area (TPSA) is 121 Å². The largest absolute Gasteiger partial charge is 0.462 e. The van der Waals surface area contributed by atoms with E-state index >= 15 is 0 Å². The summed E-state index contributed by atoms with van der Waals surface area (Å²) in [6.45, 7) is 2.73. The first-order valence-corrected chi connectivity index (χ1v) is 9.57. The van der Waals surface area contributed by atoms with Crippen molar-refractivity contribution in [1.82, 2.24) is 0 Å². The summed E-state index contributed by atoms with van der Waals surface area (Å²) in [5.74, 6) is -1.93. The molecule has 1 aliphatic rings. The first-order chi connectivity index (χ1) is 13.2. The van der Waals surface area contributed by atoms with Crippen molar-refractivity contribution >= 4 is 35.1 Å². The average molecular weight is 396 g/mol. The van der Waals surface area contributed by atoms with E-state index in [9.17, 15) is 28.8 Å². The van der Waals surface area contributed by atoms with E-state index in [2.05, 4.69) is 0 Å². The van der Waals surface area contributed by atoms with E-state index in [0.717, 1.165) is 0 Å². The predicted molar refractivity (Wildman–Crippen MR) is 97.3 cm³/mol. The highest BCUT2D eigenvalue weighted by atomic mass is 16.5. The Morgan fingerprint density at radius 3 is 1.36 bits per heavy atom. The molecule has 0 aromatic rings. The van der Waals surface area contributed by atoms with Crippen molar-refractivity contribution < 1.29 is 38.2 Å². The van der Waals surface area contributed by atoms with Crippen LogP contribution in [0.1, 0.15) is 78.1 Å². The highest BCUT2D eigenvalue weighted by Gasteiger charge is 2.22. The maximum Gasteiger partial charge on any atom is 0.306 e. The molecule has 8 nitrogen and oxygen atoms in total. The van der Waals surface area contributed by atoms with E-state index in [1.165, 1.54) is 13.8 Å². The normalized spacial score (nSPS) is 23.6. The van der Waals surface area contributed by atoms with Crippen LogP contribution < -0.4 is 0 Å². The number of cyclic esters (lactones) is 2. The molecule has 0 bridgehead atoms. The van der Waals surface area contributed by atoms with Crippen LogP contribution in [0.4, 0.5) is 0 Å². The van der Waals surface area contributed by atoms with Crippen LogP contribution in [0.25, 0.3) is 0 Å². The van der Waals surface area contributed by atoms with Crippen molar-refractivity contribution in [2.24, 2.45) is 0 Å². The Labute approximate surface area is 164 Å². The molecule has 0 amide bonds. The van der Waals surface area contributed by atoms with Gasteiger partial charge in [-0.1, -0.05) is 0 Å². The third kappa shape index (κ3) is 10.7. The summed E-state index contributed by atoms with van der Waals surface area (Å²) in [6.07, 6.45) is -1.27. The fraction of sp³-hybridized carbons (Fsp3) is 0.700. The van der Waals surface area contributed by atoms with Crippen molar-refractivity contribution in [2.75, 3.05) is 0 Å². The molecule has 1 unspecified atom stereocenters. The molecule has 1 heterocycles. The van der Waals surface area contributed by atoms with Crippen LogP contribution in [-0.2, 0) is 38.2 Å². The maximum absolute atomic E-state index is 12.0. The predicted octanol–water partition coefficient (Wildman–Crippen LogP) is 2.04. The summed E-state index contributed by atoms with van der Waals surface area (Å²) in [6, 6.07) is 0. The summed E-state index contributed by atoms with van der Waals surface area (Å²) in [5, 5.41) is 0. The number of rotatable bonds is 4. The Hall–Kier alpha value is -2.38. The number of hydrogen-bond acceptors (Lipinski definition) is 8. The lowest BCUT2D eigenvalue weighted by molar-refractivity contribution is -0.152. The molecular formula is C20H28O8. The van der Waals surface area contributed by atoms with E-state index in [0.29, 0.717) is 0 Å². The minimum atomic E-state index is -0.719. The number of Topliss-reactive ketones (excluding diaryl/α,β-unsaturated/α-hetero) is 4. The monoisotopic (exact) mass is 396 g/mol. The van der Waals surface area contributed by atoms with Gasteiger partial charge in [-0.15, -0.1) is 0 Å². The summed E-state index contributed by atoms with van der Waals surface area (Å²) in [5.41, 5.74) is 0. The van der Waals surface area contributed by atoms with Crippen molar-refractivity contribution in [1.29, 1.82) is 0 Å². The van der Waals surface area contributed by atoms with Crippen molar-refractivity contribution in [3.8, 4) is 0 Å². The van der Waals surface area contributed by atoms with Crippen molar-refractivity contribution in [3.63, 3.8) is 0 Å². The van der Waals surface area contributed by atoms with Crippen LogP contribution in [0.3, 0.4) is 0 Å². The maximum atomic E-state index is 12.0. The molecule has 1 saturated heterocycles. The summed E-state index contributed by atoms with van der Waals surface area (Å²) >= 11 is 0. The highest BCUT2D eigenvalue weighted by Crippen LogP contribution is 2.16. The molecule has 1 aliphatic heterocycles. The van der Waals surface area contributed by atoms with Gasteiger partial charge in [-0.2, -0.15) is 0 Å². The molecule has 0 aromatic carbocycles.